The lowest BCUT2D eigenvalue weighted by Crippen LogP contribution is -2.52. The highest BCUT2D eigenvalue weighted by Crippen LogP contribution is 2.18. The van der Waals surface area contributed by atoms with Crippen molar-refractivity contribution in [3.63, 3.8) is 0 Å². The third-order valence-electron chi connectivity index (χ3n) is 4.33. The van der Waals surface area contributed by atoms with E-state index in [1.54, 1.807) is 12.4 Å². The summed E-state index contributed by atoms with van der Waals surface area (Å²) in [6.07, 6.45) is 5.89. The number of hydrogen-bond donors (Lipinski definition) is 2. The molecule has 2 aromatic heterocycles. The Labute approximate surface area is 151 Å². The van der Waals surface area contributed by atoms with Gasteiger partial charge in [-0.25, -0.2) is 9.78 Å². The van der Waals surface area contributed by atoms with E-state index in [-0.39, 0.29) is 5.91 Å². The first-order chi connectivity index (χ1) is 12.7. The van der Waals surface area contributed by atoms with Gasteiger partial charge in [0.15, 0.2) is 5.82 Å². The summed E-state index contributed by atoms with van der Waals surface area (Å²) in [5.74, 6) is 1.09. The lowest BCUT2D eigenvalue weighted by Gasteiger charge is -2.33. The largest absolute Gasteiger partial charge is 0.453 e. The molecule has 0 radical (unpaired) electrons. The van der Waals surface area contributed by atoms with Gasteiger partial charge in [0.25, 0.3) is 0 Å². The number of carbonyl (C=O) groups is 2. The number of aromatic amines is 1. The fraction of sp³-hybridized carbons (Fsp3) is 0.471. The fourth-order valence-corrected chi connectivity index (χ4v) is 2.99. The molecule has 2 amide bonds. The van der Waals surface area contributed by atoms with Gasteiger partial charge in [0.2, 0.25) is 5.91 Å². The number of H-pyrrole nitrogens is 1. The zero-order chi connectivity index (χ0) is 18.4. The molecule has 1 saturated heterocycles. The van der Waals surface area contributed by atoms with Gasteiger partial charge < -0.3 is 10.1 Å². The first-order valence-corrected chi connectivity index (χ1v) is 8.63. The van der Waals surface area contributed by atoms with E-state index in [2.05, 4.69) is 25.5 Å². The fourth-order valence-electron chi connectivity index (χ4n) is 2.99. The molecular formula is C17H22N6O3. The molecule has 2 aromatic rings. The van der Waals surface area contributed by atoms with Crippen LogP contribution in [0.4, 0.5) is 4.79 Å². The van der Waals surface area contributed by atoms with Gasteiger partial charge in [-0.2, -0.15) is 5.10 Å². The molecule has 1 fully saturated rings. The Morgan fingerprint density at radius 1 is 1.42 bits per heavy atom. The quantitative estimate of drug-likeness (QED) is 0.829. The predicted octanol–water partition coefficient (Wildman–Crippen LogP) is 1.15. The molecule has 26 heavy (non-hydrogen) atoms. The maximum atomic E-state index is 12.4. The van der Waals surface area contributed by atoms with E-state index in [1.807, 2.05) is 12.1 Å². The van der Waals surface area contributed by atoms with Crippen LogP contribution in [0.5, 0.6) is 0 Å². The smallest absolute Gasteiger partial charge is 0.410 e. The van der Waals surface area contributed by atoms with Gasteiger partial charge in [-0.3, -0.25) is 19.8 Å². The topological polar surface area (TPSA) is 113 Å². The molecule has 9 heteroatoms. The molecule has 0 aromatic carbocycles. The van der Waals surface area contributed by atoms with Crippen molar-refractivity contribution >= 4 is 12.0 Å². The summed E-state index contributed by atoms with van der Waals surface area (Å²) < 4.78 is 4.77. The van der Waals surface area contributed by atoms with Crippen LogP contribution < -0.4 is 5.32 Å². The predicted molar refractivity (Wildman–Crippen MR) is 93.1 cm³/mol. The third-order valence-corrected chi connectivity index (χ3v) is 4.33. The number of carbonyl (C=O) groups excluding carboxylic acids is 2. The van der Waals surface area contributed by atoms with Crippen LogP contribution in [0.3, 0.4) is 0 Å². The molecule has 0 saturated carbocycles. The second-order valence-electron chi connectivity index (χ2n) is 6.06. The van der Waals surface area contributed by atoms with E-state index in [4.69, 9.17) is 4.74 Å². The summed E-state index contributed by atoms with van der Waals surface area (Å²) in [5, 5.41) is 9.90. The number of amides is 2. The average molecular weight is 358 g/mol. The average Bonchev–Trinajstić information content (AvgIpc) is 3.17. The van der Waals surface area contributed by atoms with Crippen LogP contribution in [0.15, 0.2) is 24.5 Å². The van der Waals surface area contributed by atoms with Crippen molar-refractivity contribution in [2.24, 2.45) is 0 Å². The van der Waals surface area contributed by atoms with E-state index < -0.39 is 12.1 Å². The molecule has 3 heterocycles. The third kappa shape index (κ3) is 4.16. The minimum Gasteiger partial charge on any atom is -0.453 e. The van der Waals surface area contributed by atoms with Crippen molar-refractivity contribution in [1.82, 2.24) is 30.4 Å². The summed E-state index contributed by atoms with van der Waals surface area (Å²) in [5.41, 5.74) is 0.829. The molecule has 3 rings (SSSR count). The van der Waals surface area contributed by atoms with Crippen molar-refractivity contribution in [3.05, 3.63) is 30.4 Å². The number of ether oxygens (including phenoxy) is 1. The number of nitrogens with one attached hydrogen (secondary N) is 2. The first-order valence-electron chi connectivity index (χ1n) is 8.63. The van der Waals surface area contributed by atoms with E-state index in [0.29, 0.717) is 37.6 Å². The number of likely N-dealkylation sites (tertiary alicyclic amines) is 1. The van der Waals surface area contributed by atoms with Gasteiger partial charge in [-0.05, 0) is 31.4 Å². The van der Waals surface area contributed by atoms with Crippen LogP contribution in [0.2, 0.25) is 0 Å². The number of nitrogens with zero attached hydrogens (tertiary/aromatic N) is 4. The van der Waals surface area contributed by atoms with Crippen molar-refractivity contribution in [2.45, 2.75) is 31.7 Å². The first kappa shape index (κ1) is 17.8. The van der Waals surface area contributed by atoms with Gasteiger partial charge in [0.1, 0.15) is 11.9 Å². The Kier molecular flexibility index (Phi) is 5.77. The molecule has 2 N–H and O–H groups in total. The normalized spacial score (nSPS) is 17.0. The van der Waals surface area contributed by atoms with Gasteiger partial charge in [-0.1, -0.05) is 0 Å². The maximum absolute atomic E-state index is 12.4. The highest BCUT2D eigenvalue weighted by atomic mass is 16.5. The second kappa shape index (κ2) is 8.41. The highest BCUT2D eigenvalue weighted by molar-refractivity contribution is 5.85. The molecule has 0 aliphatic carbocycles. The Hall–Kier alpha value is -2.97. The zero-order valence-electron chi connectivity index (χ0n) is 14.6. The van der Waals surface area contributed by atoms with Crippen LogP contribution in [-0.4, -0.2) is 63.3 Å². The van der Waals surface area contributed by atoms with Crippen LogP contribution in [0.1, 0.15) is 25.1 Å². The molecule has 1 atom stereocenters. The molecule has 9 nitrogen and oxygen atoms in total. The second-order valence-corrected chi connectivity index (χ2v) is 6.06. The summed E-state index contributed by atoms with van der Waals surface area (Å²) in [6, 6.07) is 3.23. The van der Waals surface area contributed by atoms with Crippen LogP contribution in [0.25, 0.3) is 11.4 Å². The maximum Gasteiger partial charge on any atom is 0.410 e. The molecule has 0 spiro atoms. The van der Waals surface area contributed by atoms with E-state index >= 15 is 0 Å². The summed E-state index contributed by atoms with van der Waals surface area (Å²) in [4.78, 5) is 34.2. The monoisotopic (exact) mass is 358 g/mol. The van der Waals surface area contributed by atoms with Crippen LogP contribution in [0, 0.1) is 0 Å². The number of aromatic nitrogens is 4. The Morgan fingerprint density at radius 2 is 2.31 bits per heavy atom. The number of pyridine rings is 1. The lowest BCUT2D eigenvalue weighted by molar-refractivity contribution is -0.126. The van der Waals surface area contributed by atoms with Crippen LogP contribution >= 0.6 is 0 Å². The highest BCUT2D eigenvalue weighted by Gasteiger charge is 2.32. The minimum absolute atomic E-state index is 0.165. The number of methoxy groups -OCH3 is 1. The van der Waals surface area contributed by atoms with E-state index in [1.165, 1.54) is 12.0 Å². The molecule has 1 unspecified atom stereocenters. The van der Waals surface area contributed by atoms with E-state index in [0.717, 1.165) is 18.4 Å². The van der Waals surface area contributed by atoms with Crippen molar-refractivity contribution in [2.75, 3.05) is 20.2 Å². The van der Waals surface area contributed by atoms with Gasteiger partial charge >= 0.3 is 6.09 Å². The van der Waals surface area contributed by atoms with Gasteiger partial charge in [-0.15, -0.1) is 0 Å². The summed E-state index contributed by atoms with van der Waals surface area (Å²) in [6.45, 7) is 0.952. The Bertz CT molecular complexity index is 748. The van der Waals surface area contributed by atoms with E-state index in [9.17, 15) is 9.59 Å². The summed E-state index contributed by atoms with van der Waals surface area (Å²) in [7, 11) is 1.33. The SMILES string of the molecule is COC(=O)N1CCCCC1C(=O)NCCc1nc(-c2cccnc2)n[nH]1. The zero-order valence-corrected chi connectivity index (χ0v) is 14.6. The molecular weight excluding hydrogens is 336 g/mol. The molecule has 138 valence electrons. The Balaban J connectivity index is 1.52. The number of hydrogen-bond acceptors (Lipinski definition) is 6. The number of rotatable bonds is 5. The lowest BCUT2D eigenvalue weighted by atomic mass is 10.0. The Morgan fingerprint density at radius 3 is 3.08 bits per heavy atom. The standard InChI is InChI=1S/C17H22N6O3/c1-26-17(25)23-10-3-2-6-13(23)16(24)19-9-7-14-20-15(22-21-14)12-5-4-8-18-11-12/h4-5,8,11,13H,2-3,6-7,9-10H2,1H3,(H,19,24)(H,20,21,22). The van der Waals surface area contributed by atoms with Crippen molar-refractivity contribution < 1.29 is 14.3 Å². The van der Waals surface area contributed by atoms with Crippen molar-refractivity contribution in [3.8, 4) is 11.4 Å². The van der Waals surface area contributed by atoms with Gasteiger partial charge in [0, 0.05) is 37.5 Å². The molecule has 1 aliphatic heterocycles. The summed E-state index contributed by atoms with van der Waals surface area (Å²) >= 11 is 0. The van der Waals surface area contributed by atoms with Crippen LogP contribution in [-0.2, 0) is 16.0 Å². The molecule has 1 aliphatic rings. The van der Waals surface area contributed by atoms with Crippen molar-refractivity contribution in [1.29, 1.82) is 0 Å². The molecule has 0 bridgehead atoms. The van der Waals surface area contributed by atoms with Gasteiger partial charge in [0.05, 0.1) is 7.11 Å². The minimum atomic E-state index is -0.475. The number of piperidine rings is 1.